The highest BCUT2D eigenvalue weighted by molar-refractivity contribution is 6.29. The molecule has 0 spiro atoms. The van der Waals surface area contributed by atoms with E-state index in [4.69, 9.17) is 4.74 Å². The molecule has 1 unspecified atom stereocenters. The molecule has 0 aliphatic heterocycles. The van der Waals surface area contributed by atoms with Crippen molar-refractivity contribution < 1.29 is 19.1 Å². The molecule has 0 saturated heterocycles. The fraction of sp³-hybridized carbons (Fsp3) is 0.692. The van der Waals surface area contributed by atoms with E-state index in [1.54, 1.807) is 6.92 Å². The highest BCUT2D eigenvalue weighted by Gasteiger charge is 2.16. The zero-order valence-corrected chi connectivity index (χ0v) is 11.1. The van der Waals surface area contributed by atoms with Gasteiger partial charge in [0.15, 0.2) is 0 Å². The highest BCUT2D eigenvalue weighted by Crippen LogP contribution is 2.09. The van der Waals surface area contributed by atoms with Gasteiger partial charge in [-0.3, -0.25) is 0 Å². The van der Waals surface area contributed by atoms with Gasteiger partial charge in [0.25, 0.3) is 0 Å². The van der Waals surface area contributed by atoms with Gasteiger partial charge in [-0.05, 0) is 32.6 Å². The van der Waals surface area contributed by atoms with Gasteiger partial charge in [-0.15, -0.1) is 0 Å². The van der Waals surface area contributed by atoms with Gasteiger partial charge in [-0.25, -0.2) is 9.59 Å². The van der Waals surface area contributed by atoms with E-state index in [1.807, 2.05) is 0 Å². The third-order valence-electron chi connectivity index (χ3n) is 2.38. The van der Waals surface area contributed by atoms with Crippen molar-refractivity contribution in [1.82, 2.24) is 0 Å². The maximum atomic E-state index is 11.1. The molecule has 0 N–H and O–H groups in total. The number of carbonyl (C=O) groups excluding carboxylic acids is 2. The first-order valence-electron chi connectivity index (χ1n) is 6.02. The van der Waals surface area contributed by atoms with Gasteiger partial charge in [0.1, 0.15) is 0 Å². The lowest BCUT2D eigenvalue weighted by atomic mass is 10.0. The Morgan fingerprint density at radius 1 is 1.18 bits per heavy atom. The molecule has 0 aliphatic rings. The number of hydrogen-bond acceptors (Lipinski definition) is 4. The average molecular weight is 242 g/mol. The van der Waals surface area contributed by atoms with Crippen LogP contribution in [0.2, 0.25) is 0 Å². The molecule has 98 valence electrons. The quantitative estimate of drug-likeness (QED) is 0.408. The van der Waals surface area contributed by atoms with Gasteiger partial charge >= 0.3 is 11.9 Å². The molecule has 0 amide bonds. The molecule has 0 aromatic heterocycles. The molecule has 0 radical (unpaired) electrons. The molecule has 0 saturated carbocycles. The summed E-state index contributed by atoms with van der Waals surface area (Å²) in [5.41, 5.74) is 1.31. The molecule has 0 fully saturated rings. The largest absolute Gasteiger partial charge is 0.458 e. The molecule has 1 atom stereocenters. The summed E-state index contributed by atoms with van der Waals surface area (Å²) in [5.74, 6) is -1.49. The molecule has 17 heavy (non-hydrogen) atoms. The molecule has 0 aromatic rings. The predicted molar refractivity (Wildman–Crippen MR) is 65.4 cm³/mol. The lowest BCUT2D eigenvalue weighted by Crippen LogP contribution is -2.21. The van der Waals surface area contributed by atoms with Crippen molar-refractivity contribution in [2.75, 3.05) is 13.2 Å². The summed E-state index contributed by atoms with van der Waals surface area (Å²) >= 11 is 0. The number of allylic oxidation sites excluding steroid dienone is 2. The maximum Gasteiger partial charge on any atom is 0.417 e. The first kappa shape index (κ1) is 15.7. The summed E-state index contributed by atoms with van der Waals surface area (Å²) in [6, 6.07) is 0. The summed E-state index contributed by atoms with van der Waals surface area (Å²) in [7, 11) is 0. The molecule has 4 heteroatoms. The van der Waals surface area contributed by atoms with Crippen LogP contribution in [0.25, 0.3) is 0 Å². The number of hydrogen-bond donors (Lipinski definition) is 0. The molecule has 4 nitrogen and oxygen atoms in total. The van der Waals surface area contributed by atoms with E-state index in [0.717, 1.165) is 6.42 Å². The van der Waals surface area contributed by atoms with Gasteiger partial charge in [0.2, 0.25) is 0 Å². The minimum atomic E-state index is -0.916. The zero-order chi connectivity index (χ0) is 13.3. The molecular weight excluding hydrogens is 220 g/mol. The Morgan fingerprint density at radius 3 is 2.29 bits per heavy atom. The van der Waals surface area contributed by atoms with Crippen molar-refractivity contribution in [2.24, 2.45) is 5.92 Å². The normalized spacial score (nSPS) is 13.1. The number of esters is 2. The highest BCUT2D eigenvalue weighted by atomic mass is 16.6. The van der Waals surface area contributed by atoms with Crippen molar-refractivity contribution >= 4 is 11.9 Å². The van der Waals surface area contributed by atoms with E-state index >= 15 is 0 Å². The second-order valence-electron chi connectivity index (χ2n) is 3.99. The van der Waals surface area contributed by atoms with E-state index in [-0.39, 0.29) is 13.2 Å². The molecule has 0 rings (SSSR count). The minimum Gasteiger partial charge on any atom is -0.458 e. The summed E-state index contributed by atoms with van der Waals surface area (Å²) in [5, 5.41) is 0. The van der Waals surface area contributed by atoms with Crippen molar-refractivity contribution in [3.05, 3.63) is 11.6 Å². The summed E-state index contributed by atoms with van der Waals surface area (Å²) in [4.78, 5) is 22.0. The molecule has 0 aromatic carbocycles. The Balaban J connectivity index is 3.84. The van der Waals surface area contributed by atoms with Gasteiger partial charge in [0.05, 0.1) is 13.2 Å². The molecule has 0 aliphatic carbocycles. The molecular formula is C13H22O4. The lowest BCUT2D eigenvalue weighted by molar-refractivity contribution is -0.167. The number of ether oxygens (including phenoxy) is 2. The van der Waals surface area contributed by atoms with Crippen LogP contribution < -0.4 is 0 Å². The van der Waals surface area contributed by atoms with Gasteiger partial charge in [-0.1, -0.05) is 25.5 Å². The van der Waals surface area contributed by atoms with E-state index in [0.29, 0.717) is 12.3 Å². The average Bonchev–Trinajstić information content (AvgIpc) is 2.28. The fourth-order valence-electron chi connectivity index (χ4n) is 1.27. The lowest BCUT2D eigenvalue weighted by Gasteiger charge is -2.08. The summed E-state index contributed by atoms with van der Waals surface area (Å²) in [6.07, 6.45) is 3.88. The van der Waals surface area contributed by atoms with E-state index < -0.39 is 11.9 Å². The molecule has 0 heterocycles. The second kappa shape index (κ2) is 8.79. The SMILES string of the molecule is CCOC(=O)C(=O)OCCC(C)C=C(C)CC. The Hall–Kier alpha value is -1.32. The van der Waals surface area contributed by atoms with Crippen molar-refractivity contribution in [2.45, 2.75) is 40.5 Å². The predicted octanol–water partition coefficient (Wildman–Crippen LogP) is 2.48. The second-order valence-corrected chi connectivity index (χ2v) is 3.99. The van der Waals surface area contributed by atoms with Crippen molar-refractivity contribution in [3.8, 4) is 0 Å². The third-order valence-corrected chi connectivity index (χ3v) is 2.38. The Labute approximate surface area is 103 Å². The van der Waals surface area contributed by atoms with E-state index in [1.165, 1.54) is 5.57 Å². The van der Waals surface area contributed by atoms with Crippen LogP contribution in [0.5, 0.6) is 0 Å². The summed E-state index contributed by atoms with van der Waals surface area (Å²) < 4.78 is 9.32. The van der Waals surface area contributed by atoms with Crippen molar-refractivity contribution in [1.29, 1.82) is 0 Å². The van der Waals surface area contributed by atoms with Crippen LogP contribution in [0.15, 0.2) is 11.6 Å². The Kier molecular flexibility index (Phi) is 8.11. The minimum absolute atomic E-state index is 0.183. The zero-order valence-electron chi connectivity index (χ0n) is 11.1. The van der Waals surface area contributed by atoms with Gasteiger partial charge in [-0.2, -0.15) is 0 Å². The smallest absolute Gasteiger partial charge is 0.417 e. The van der Waals surface area contributed by atoms with E-state index in [9.17, 15) is 9.59 Å². The number of carbonyl (C=O) groups is 2. The monoisotopic (exact) mass is 242 g/mol. The van der Waals surface area contributed by atoms with Crippen LogP contribution in [0, 0.1) is 5.92 Å². The third kappa shape index (κ3) is 7.55. The topological polar surface area (TPSA) is 52.6 Å². The first-order chi connectivity index (χ1) is 8.01. The standard InChI is InChI=1S/C13H22O4/c1-5-10(3)9-11(4)7-8-17-13(15)12(14)16-6-2/h9,11H,5-8H2,1-4H3. The van der Waals surface area contributed by atoms with Crippen LogP contribution in [0.4, 0.5) is 0 Å². The number of rotatable bonds is 6. The fourth-order valence-corrected chi connectivity index (χ4v) is 1.27. The van der Waals surface area contributed by atoms with E-state index in [2.05, 4.69) is 31.6 Å². The van der Waals surface area contributed by atoms with Crippen LogP contribution in [0.1, 0.15) is 40.5 Å². The summed E-state index contributed by atoms with van der Waals surface area (Å²) in [6.45, 7) is 8.29. The van der Waals surface area contributed by atoms with Crippen LogP contribution in [0.3, 0.4) is 0 Å². The van der Waals surface area contributed by atoms with Crippen LogP contribution in [-0.2, 0) is 19.1 Å². The van der Waals surface area contributed by atoms with Crippen LogP contribution >= 0.6 is 0 Å². The van der Waals surface area contributed by atoms with Crippen LogP contribution in [-0.4, -0.2) is 25.2 Å². The maximum absolute atomic E-state index is 11.1. The Bertz CT molecular complexity index is 281. The van der Waals surface area contributed by atoms with Gasteiger partial charge in [0, 0.05) is 0 Å². The molecule has 0 bridgehead atoms. The first-order valence-corrected chi connectivity index (χ1v) is 6.02. The Morgan fingerprint density at radius 2 is 1.76 bits per heavy atom. The van der Waals surface area contributed by atoms with Crippen molar-refractivity contribution in [3.63, 3.8) is 0 Å². The van der Waals surface area contributed by atoms with Gasteiger partial charge < -0.3 is 9.47 Å².